The highest BCUT2D eigenvalue weighted by Gasteiger charge is 2.12. The Bertz CT molecular complexity index is 249. The molecule has 1 unspecified atom stereocenters. The van der Waals surface area contributed by atoms with Gasteiger partial charge in [0, 0.05) is 26.1 Å². The highest BCUT2D eigenvalue weighted by molar-refractivity contribution is 4.80. The van der Waals surface area contributed by atoms with Gasteiger partial charge in [-0.25, -0.2) is 0 Å². The first-order valence-electron chi connectivity index (χ1n) is 5.21. The SMILES string of the molecule is COCC(NCCc1ncon1)C(C)C. The predicted molar refractivity (Wildman–Crippen MR) is 56.5 cm³/mol. The zero-order chi connectivity index (χ0) is 11.1. The molecule has 1 heterocycles. The highest BCUT2D eigenvalue weighted by atomic mass is 16.5. The number of hydrogen-bond donors (Lipinski definition) is 1. The van der Waals surface area contributed by atoms with Gasteiger partial charge in [-0.1, -0.05) is 19.0 Å². The van der Waals surface area contributed by atoms with Crippen LogP contribution in [-0.2, 0) is 11.2 Å². The van der Waals surface area contributed by atoms with Crippen molar-refractivity contribution in [1.82, 2.24) is 15.5 Å². The van der Waals surface area contributed by atoms with Crippen molar-refractivity contribution in [2.24, 2.45) is 5.92 Å². The Morgan fingerprint density at radius 3 is 2.87 bits per heavy atom. The molecule has 0 aliphatic heterocycles. The topological polar surface area (TPSA) is 60.2 Å². The minimum atomic E-state index is 0.377. The zero-order valence-corrected chi connectivity index (χ0v) is 9.56. The molecule has 5 nitrogen and oxygen atoms in total. The Balaban J connectivity index is 2.22. The fourth-order valence-electron chi connectivity index (χ4n) is 1.34. The van der Waals surface area contributed by atoms with Crippen LogP contribution in [0.15, 0.2) is 10.9 Å². The van der Waals surface area contributed by atoms with E-state index in [-0.39, 0.29) is 0 Å². The molecule has 15 heavy (non-hydrogen) atoms. The number of methoxy groups -OCH3 is 1. The number of nitrogens with one attached hydrogen (secondary N) is 1. The standard InChI is InChI=1S/C10H19N3O2/c1-8(2)9(6-14-3)11-5-4-10-12-7-15-13-10/h7-9,11H,4-6H2,1-3H3. The van der Waals surface area contributed by atoms with Gasteiger partial charge in [0.1, 0.15) is 0 Å². The third-order valence-corrected chi connectivity index (χ3v) is 2.31. The van der Waals surface area contributed by atoms with Crippen molar-refractivity contribution < 1.29 is 9.26 Å². The average molecular weight is 213 g/mol. The Kier molecular flexibility index (Phi) is 5.28. The maximum atomic E-state index is 5.14. The summed E-state index contributed by atoms with van der Waals surface area (Å²) >= 11 is 0. The summed E-state index contributed by atoms with van der Waals surface area (Å²) in [7, 11) is 1.72. The van der Waals surface area contributed by atoms with Crippen LogP contribution in [0.1, 0.15) is 19.7 Å². The van der Waals surface area contributed by atoms with Crippen molar-refractivity contribution in [1.29, 1.82) is 0 Å². The molecule has 0 saturated carbocycles. The smallest absolute Gasteiger partial charge is 0.213 e. The van der Waals surface area contributed by atoms with Gasteiger partial charge in [-0.3, -0.25) is 0 Å². The molecular weight excluding hydrogens is 194 g/mol. The van der Waals surface area contributed by atoms with Gasteiger partial charge in [0.2, 0.25) is 6.39 Å². The summed E-state index contributed by atoms with van der Waals surface area (Å²) in [6.45, 7) is 5.91. The molecule has 0 fully saturated rings. The number of hydrogen-bond acceptors (Lipinski definition) is 5. The lowest BCUT2D eigenvalue weighted by atomic mass is 10.1. The second-order valence-corrected chi connectivity index (χ2v) is 3.86. The molecule has 1 aromatic rings. The van der Waals surface area contributed by atoms with E-state index in [1.165, 1.54) is 6.39 Å². The molecule has 0 bridgehead atoms. The first-order chi connectivity index (χ1) is 7.24. The van der Waals surface area contributed by atoms with E-state index in [1.54, 1.807) is 7.11 Å². The van der Waals surface area contributed by atoms with Gasteiger partial charge in [-0.05, 0) is 5.92 Å². The van der Waals surface area contributed by atoms with Crippen LogP contribution < -0.4 is 5.32 Å². The molecule has 0 amide bonds. The lowest BCUT2D eigenvalue weighted by Gasteiger charge is -2.21. The second kappa shape index (κ2) is 6.53. The van der Waals surface area contributed by atoms with E-state index in [0.29, 0.717) is 12.0 Å². The summed E-state index contributed by atoms with van der Waals surface area (Å²) in [5, 5.41) is 7.16. The van der Waals surface area contributed by atoms with Gasteiger partial charge < -0.3 is 14.6 Å². The summed E-state index contributed by atoms with van der Waals surface area (Å²) in [5.74, 6) is 1.29. The van der Waals surface area contributed by atoms with E-state index in [9.17, 15) is 0 Å². The minimum Gasteiger partial charge on any atom is -0.383 e. The molecule has 5 heteroatoms. The summed E-state index contributed by atoms with van der Waals surface area (Å²) in [6, 6.07) is 0.377. The van der Waals surface area contributed by atoms with Gasteiger partial charge in [0.05, 0.1) is 6.61 Å². The molecule has 0 aliphatic rings. The third kappa shape index (κ3) is 4.40. The number of ether oxygens (including phenoxy) is 1. The van der Waals surface area contributed by atoms with E-state index in [4.69, 9.17) is 4.74 Å². The molecule has 1 rings (SSSR count). The first-order valence-corrected chi connectivity index (χ1v) is 5.21. The lowest BCUT2D eigenvalue weighted by Crippen LogP contribution is -2.38. The zero-order valence-electron chi connectivity index (χ0n) is 9.56. The number of rotatable bonds is 7. The first kappa shape index (κ1) is 12.1. The third-order valence-electron chi connectivity index (χ3n) is 2.31. The molecular formula is C10H19N3O2. The van der Waals surface area contributed by atoms with Crippen LogP contribution in [-0.4, -0.2) is 36.4 Å². The Hall–Kier alpha value is -0.940. The van der Waals surface area contributed by atoms with Crippen molar-refractivity contribution >= 4 is 0 Å². The second-order valence-electron chi connectivity index (χ2n) is 3.86. The molecule has 1 N–H and O–H groups in total. The van der Waals surface area contributed by atoms with E-state index in [2.05, 4.69) is 33.8 Å². The monoisotopic (exact) mass is 213 g/mol. The highest BCUT2D eigenvalue weighted by Crippen LogP contribution is 2.01. The Morgan fingerprint density at radius 2 is 2.33 bits per heavy atom. The van der Waals surface area contributed by atoms with Crippen LogP contribution in [0.25, 0.3) is 0 Å². The number of nitrogens with zero attached hydrogens (tertiary/aromatic N) is 2. The van der Waals surface area contributed by atoms with Crippen LogP contribution in [0.4, 0.5) is 0 Å². The normalized spacial score (nSPS) is 13.3. The van der Waals surface area contributed by atoms with Gasteiger partial charge in [0.25, 0.3) is 0 Å². The predicted octanol–water partition coefficient (Wildman–Crippen LogP) is 0.873. The van der Waals surface area contributed by atoms with Crippen molar-refractivity contribution in [3.8, 4) is 0 Å². The van der Waals surface area contributed by atoms with Crippen LogP contribution in [0.2, 0.25) is 0 Å². The minimum absolute atomic E-state index is 0.377. The van der Waals surface area contributed by atoms with Crippen LogP contribution >= 0.6 is 0 Å². The summed E-state index contributed by atoms with van der Waals surface area (Å²) in [5.41, 5.74) is 0. The van der Waals surface area contributed by atoms with E-state index < -0.39 is 0 Å². The van der Waals surface area contributed by atoms with Crippen LogP contribution in [0.3, 0.4) is 0 Å². The molecule has 1 atom stereocenters. The lowest BCUT2D eigenvalue weighted by molar-refractivity contribution is 0.147. The quantitative estimate of drug-likeness (QED) is 0.728. The van der Waals surface area contributed by atoms with E-state index >= 15 is 0 Å². The number of aromatic nitrogens is 2. The fraction of sp³-hybridized carbons (Fsp3) is 0.800. The van der Waals surface area contributed by atoms with Crippen molar-refractivity contribution in [2.75, 3.05) is 20.3 Å². The van der Waals surface area contributed by atoms with E-state index in [1.807, 2.05) is 0 Å². The van der Waals surface area contributed by atoms with Gasteiger partial charge >= 0.3 is 0 Å². The van der Waals surface area contributed by atoms with Crippen LogP contribution in [0.5, 0.6) is 0 Å². The largest absolute Gasteiger partial charge is 0.383 e. The molecule has 0 spiro atoms. The maximum Gasteiger partial charge on any atom is 0.213 e. The summed E-state index contributed by atoms with van der Waals surface area (Å²) in [4.78, 5) is 3.95. The van der Waals surface area contributed by atoms with Gasteiger partial charge in [-0.2, -0.15) is 4.98 Å². The van der Waals surface area contributed by atoms with Crippen molar-refractivity contribution in [3.63, 3.8) is 0 Å². The Morgan fingerprint density at radius 1 is 1.53 bits per heavy atom. The van der Waals surface area contributed by atoms with Crippen molar-refractivity contribution in [2.45, 2.75) is 26.3 Å². The Labute approximate surface area is 90.2 Å². The van der Waals surface area contributed by atoms with Crippen LogP contribution in [0, 0.1) is 5.92 Å². The van der Waals surface area contributed by atoms with E-state index in [0.717, 1.165) is 25.4 Å². The summed E-state index contributed by atoms with van der Waals surface area (Å²) in [6.07, 6.45) is 2.13. The molecule has 0 aromatic carbocycles. The van der Waals surface area contributed by atoms with Crippen molar-refractivity contribution in [3.05, 3.63) is 12.2 Å². The molecule has 86 valence electrons. The van der Waals surface area contributed by atoms with Gasteiger partial charge in [0.15, 0.2) is 5.82 Å². The summed E-state index contributed by atoms with van der Waals surface area (Å²) < 4.78 is 9.79. The molecule has 0 radical (unpaired) electrons. The maximum absolute atomic E-state index is 5.14. The van der Waals surface area contributed by atoms with Gasteiger partial charge in [-0.15, -0.1) is 0 Å². The molecule has 1 aromatic heterocycles. The average Bonchev–Trinajstić information content (AvgIpc) is 2.69. The molecule has 0 saturated heterocycles. The molecule has 0 aliphatic carbocycles. The fourth-order valence-corrected chi connectivity index (χ4v) is 1.34.